The molecule has 0 spiro atoms. The predicted molar refractivity (Wildman–Crippen MR) is 69.2 cm³/mol. The minimum absolute atomic E-state index is 0.255. The first kappa shape index (κ1) is 14.6. The Morgan fingerprint density at radius 2 is 2.00 bits per heavy atom. The third kappa shape index (κ3) is 7.56. The quantitative estimate of drug-likeness (QED) is 0.748. The lowest BCUT2D eigenvalue weighted by Gasteiger charge is -2.30. The highest BCUT2D eigenvalue weighted by atomic mass is 32.1. The summed E-state index contributed by atoms with van der Waals surface area (Å²) in [5.41, 5.74) is 0.255. The van der Waals surface area contributed by atoms with Crippen molar-refractivity contribution in [3.63, 3.8) is 0 Å². The van der Waals surface area contributed by atoms with Crippen LogP contribution in [0, 0.1) is 5.41 Å². The summed E-state index contributed by atoms with van der Waals surface area (Å²) in [7, 11) is 3.71. The minimum atomic E-state index is 0.255. The molecule has 0 aromatic rings. The summed E-state index contributed by atoms with van der Waals surface area (Å²) < 4.78 is 5.04. The number of nitrogens with one attached hydrogen (secondary N) is 1. The van der Waals surface area contributed by atoms with Crippen molar-refractivity contribution in [2.24, 2.45) is 5.41 Å². The SMILES string of the molecule is COCC(C)NC(=S)N(C)CC(C)(C)C. The zero-order valence-corrected chi connectivity index (χ0v) is 11.6. The molecule has 1 atom stereocenters. The maximum Gasteiger partial charge on any atom is 0.168 e. The molecule has 4 heteroatoms. The smallest absolute Gasteiger partial charge is 0.168 e. The van der Waals surface area contributed by atoms with Gasteiger partial charge in [-0.15, -0.1) is 0 Å². The molecular formula is C11H24N2OS. The van der Waals surface area contributed by atoms with Crippen LogP contribution >= 0.6 is 12.2 Å². The van der Waals surface area contributed by atoms with E-state index in [1.807, 2.05) is 7.05 Å². The van der Waals surface area contributed by atoms with Gasteiger partial charge in [-0.3, -0.25) is 0 Å². The fourth-order valence-electron chi connectivity index (χ4n) is 1.40. The standard InChI is InChI=1S/C11H24N2OS/c1-9(7-14-6)12-10(15)13(5)8-11(2,3)4/h9H,7-8H2,1-6H3,(H,12,15). The number of hydrogen-bond donors (Lipinski definition) is 1. The van der Waals surface area contributed by atoms with E-state index in [1.54, 1.807) is 7.11 Å². The van der Waals surface area contributed by atoms with Crippen LogP contribution in [0.1, 0.15) is 27.7 Å². The molecular weight excluding hydrogens is 208 g/mol. The van der Waals surface area contributed by atoms with Crippen molar-refractivity contribution >= 4 is 17.3 Å². The van der Waals surface area contributed by atoms with E-state index in [0.717, 1.165) is 11.7 Å². The zero-order valence-electron chi connectivity index (χ0n) is 10.8. The summed E-state index contributed by atoms with van der Waals surface area (Å²) in [5.74, 6) is 0. The Kier molecular flexibility index (Phi) is 6.13. The Morgan fingerprint density at radius 3 is 2.40 bits per heavy atom. The first-order valence-corrected chi connectivity index (χ1v) is 5.67. The van der Waals surface area contributed by atoms with Gasteiger partial charge in [-0.2, -0.15) is 0 Å². The topological polar surface area (TPSA) is 24.5 Å². The molecule has 0 aromatic carbocycles. The molecule has 0 amide bonds. The lowest BCUT2D eigenvalue weighted by Crippen LogP contribution is -2.45. The van der Waals surface area contributed by atoms with E-state index in [1.165, 1.54) is 0 Å². The van der Waals surface area contributed by atoms with Crippen LogP contribution in [0.15, 0.2) is 0 Å². The van der Waals surface area contributed by atoms with E-state index < -0.39 is 0 Å². The van der Waals surface area contributed by atoms with Gasteiger partial charge in [0.05, 0.1) is 6.61 Å². The van der Waals surface area contributed by atoms with E-state index in [9.17, 15) is 0 Å². The molecule has 0 aliphatic carbocycles. The van der Waals surface area contributed by atoms with Crippen LogP contribution in [0.25, 0.3) is 0 Å². The van der Waals surface area contributed by atoms with Gasteiger partial charge in [0, 0.05) is 26.7 Å². The highest BCUT2D eigenvalue weighted by Crippen LogP contribution is 2.14. The Labute approximate surface area is 99.2 Å². The van der Waals surface area contributed by atoms with Crippen molar-refractivity contribution in [2.75, 3.05) is 27.3 Å². The second-order valence-electron chi connectivity index (χ2n) is 5.22. The summed E-state index contributed by atoms with van der Waals surface area (Å²) in [6, 6.07) is 0.255. The van der Waals surface area contributed by atoms with Crippen LogP contribution in [0.3, 0.4) is 0 Å². The van der Waals surface area contributed by atoms with E-state index >= 15 is 0 Å². The Hall–Kier alpha value is -0.350. The average molecular weight is 232 g/mol. The Balaban J connectivity index is 3.99. The molecule has 0 saturated heterocycles. The van der Waals surface area contributed by atoms with Gasteiger partial charge < -0.3 is 15.0 Å². The summed E-state index contributed by atoms with van der Waals surface area (Å²) in [6.45, 7) is 10.3. The molecule has 1 N–H and O–H groups in total. The highest BCUT2D eigenvalue weighted by molar-refractivity contribution is 7.80. The third-order valence-electron chi connectivity index (χ3n) is 1.84. The second-order valence-corrected chi connectivity index (χ2v) is 5.61. The van der Waals surface area contributed by atoms with Gasteiger partial charge in [0.15, 0.2) is 5.11 Å². The summed E-state index contributed by atoms with van der Waals surface area (Å²) in [4.78, 5) is 2.07. The fraction of sp³-hybridized carbons (Fsp3) is 0.909. The van der Waals surface area contributed by atoms with Gasteiger partial charge in [0.1, 0.15) is 0 Å². The van der Waals surface area contributed by atoms with E-state index in [4.69, 9.17) is 17.0 Å². The maximum atomic E-state index is 5.29. The number of thiocarbonyl (C=S) groups is 1. The van der Waals surface area contributed by atoms with Crippen LogP contribution in [0.4, 0.5) is 0 Å². The van der Waals surface area contributed by atoms with E-state index in [0.29, 0.717) is 6.61 Å². The summed E-state index contributed by atoms with van der Waals surface area (Å²) in [6.07, 6.45) is 0. The van der Waals surface area contributed by atoms with Crippen molar-refractivity contribution in [1.82, 2.24) is 10.2 Å². The van der Waals surface area contributed by atoms with Gasteiger partial charge in [0.2, 0.25) is 0 Å². The summed E-state index contributed by atoms with van der Waals surface area (Å²) >= 11 is 5.29. The third-order valence-corrected chi connectivity index (χ3v) is 2.27. The molecule has 0 bridgehead atoms. The van der Waals surface area contributed by atoms with Crippen LogP contribution in [0.5, 0.6) is 0 Å². The molecule has 0 aromatic heterocycles. The van der Waals surface area contributed by atoms with Crippen LogP contribution in [0.2, 0.25) is 0 Å². The summed E-state index contributed by atoms with van der Waals surface area (Å²) in [5, 5.41) is 4.02. The van der Waals surface area contributed by atoms with Crippen molar-refractivity contribution in [3.05, 3.63) is 0 Å². The number of methoxy groups -OCH3 is 1. The van der Waals surface area contributed by atoms with Gasteiger partial charge in [-0.25, -0.2) is 0 Å². The lowest BCUT2D eigenvalue weighted by atomic mass is 9.96. The highest BCUT2D eigenvalue weighted by Gasteiger charge is 2.16. The molecule has 0 aliphatic rings. The van der Waals surface area contributed by atoms with Gasteiger partial charge in [-0.1, -0.05) is 20.8 Å². The van der Waals surface area contributed by atoms with Crippen molar-refractivity contribution < 1.29 is 4.74 Å². The first-order chi connectivity index (χ1) is 6.76. The lowest BCUT2D eigenvalue weighted by molar-refractivity contribution is 0.177. The largest absolute Gasteiger partial charge is 0.383 e. The van der Waals surface area contributed by atoms with Gasteiger partial charge in [0.25, 0.3) is 0 Å². The molecule has 0 heterocycles. The number of ether oxygens (including phenoxy) is 1. The zero-order chi connectivity index (χ0) is 12.1. The minimum Gasteiger partial charge on any atom is -0.383 e. The molecule has 0 radical (unpaired) electrons. The number of rotatable bonds is 4. The van der Waals surface area contributed by atoms with Crippen molar-refractivity contribution in [1.29, 1.82) is 0 Å². The fourth-order valence-corrected chi connectivity index (χ4v) is 1.66. The number of hydrogen-bond acceptors (Lipinski definition) is 2. The molecule has 90 valence electrons. The second kappa shape index (κ2) is 6.28. The van der Waals surface area contributed by atoms with Crippen molar-refractivity contribution in [3.8, 4) is 0 Å². The van der Waals surface area contributed by atoms with E-state index in [-0.39, 0.29) is 11.5 Å². The number of nitrogens with zero attached hydrogens (tertiary/aromatic N) is 1. The monoisotopic (exact) mass is 232 g/mol. The van der Waals surface area contributed by atoms with Crippen LogP contribution in [-0.4, -0.2) is 43.4 Å². The van der Waals surface area contributed by atoms with Gasteiger partial charge in [-0.05, 0) is 24.6 Å². The molecule has 0 fully saturated rings. The molecule has 1 unspecified atom stereocenters. The first-order valence-electron chi connectivity index (χ1n) is 5.27. The van der Waals surface area contributed by atoms with E-state index in [2.05, 4.69) is 37.9 Å². The molecule has 0 rings (SSSR count). The average Bonchev–Trinajstić information content (AvgIpc) is 2.00. The van der Waals surface area contributed by atoms with Gasteiger partial charge >= 0.3 is 0 Å². The Morgan fingerprint density at radius 1 is 1.47 bits per heavy atom. The maximum absolute atomic E-state index is 5.29. The predicted octanol–water partition coefficient (Wildman–Crippen LogP) is 1.87. The van der Waals surface area contributed by atoms with Crippen LogP contribution < -0.4 is 5.32 Å². The molecule has 15 heavy (non-hydrogen) atoms. The molecule has 0 aliphatic heterocycles. The normalized spacial score (nSPS) is 13.5. The van der Waals surface area contributed by atoms with Crippen molar-refractivity contribution in [2.45, 2.75) is 33.7 Å². The molecule has 3 nitrogen and oxygen atoms in total. The molecule has 0 saturated carbocycles. The Bertz CT molecular complexity index is 201. The van der Waals surface area contributed by atoms with Crippen LogP contribution in [-0.2, 0) is 4.74 Å².